The Bertz CT molecular complexity index is 319. The third-order valence-electron chi connectivity index (χ3n) is 0.991. The van der Waals surface area contributed by atoms with E-state index < -0.39 is 0 Å². The highest BCUT2D eigenvalue weighted by Crippen LogP contribution is 2.13. The zero-order valence-corrected chi connectivity index (χ0v) is 6.95. The van der Waals surface area contributed by atoms with Gasteiger partial charge in [-0.25, -0.2) is 10.2 Å². The molecule has 11 heavy (non-hydrogen) atoms. The summed E-state index contributed by atoms with van der Waals surface area (Å²) >= 11 is 6.69. The molecule has 0 aliphatic heterocycles. The minimum absolute atomic E-state index is 0.190. The first-order valence-corrected chi connectivity index (χ1v) is 3.94. The zero-order chi connectivity index (χ0) is 8.27. The van der Waals surface area contributed by atoms with Gasteiger partial charge < -0.3 is 0 Å². The van der Waals surface area contributed by atoms with Crippen molar-refractivity contribution in [2.45, 2.75) is 0 Å². The Balaban J connectivity index is 2.97. The van der Waals surface area contributed by atoms with Crippen LogP contribution in [0.1, 0.15) is 9.67 Å². The SMILES string of the molecule is N#CBc1nc(Cl)c(C=O)s1. The number of halogens is 1. The van der Waals surface area contributed by atoms with Gasteiger partial charge in [-0.3, -0.25) is 4.79 Å². The quantitative estimate of drug-likeness (QED) is 0.486. The van der Waals surface area contributed by atoms with E-state index in [1.54, 1.807) is 0 Å². The van der Waals surface area contributed by atoms with Crippen LogP contribution in [-0.2, 0) is 0 Å². The van der Waals surface area contributed by atoms with Gasteiger partial charge >= 0.3 is 7.28 Å². The van der Waals surface area contributed by atoms with E-state index in [1.165, 1.54) is 0 Å². The van der Waals surface area contributed by atoms with Crippen molar-refractivity contribution in [1.82, 2.24) is 4.98 Å². The summed E-state index contributed by atoms with van der Waals surface area (Å²) in [5, 5.41) is 8.47. The van der Waals surface area contributed by atoms with Crippen molar-refractivity contribution in [1.29, 1.82) is 5.26 Å². The summed E-state index contributed by atoms with van der Waals surface area (Å²) in [5.41, 5.74) is 0. The van der Waals surface area contributed by atoms with E-state index in [9.17, 15) is 4.79 Å². The van der Waals surface area contributed by atoms with Gasteiger partial charge in [0.25, 0.3) is 0 Å². The number of hydrogen-bond acceptors (Lipinski definition) is 4. The number of aromatic nitrogens is 1. The van der Waals surface area contributed by atoms with E-state index in [0.29, 0.717) is 16.1 Å². The van der Waals surface area contributed by atoms with Crippen molar-refractivity contribution >= 4 is 41.4 Å². The molecule has 0 aliphatic carbocycles. The second kappa shape index (κ2) is 3.51. The molecule has 0 amide bonds. The molecule has 1 aromatic heterocycles. The molecule has 0 saturated heterocycles. The van der Waals surface area contributed by atoms with Gasteiger partial charge in [0.1, 0.15) is 10.0 Å². The van der Waals surface area contributed by atoms with Crippen molar-refractivity contribution in [3.63, 3.8) is 0 Å². The normalized spacial score (nSPS) is 8.73. The maximum Gasteiger partial charge on any atom is 0.318 e. The van der Waals surface area contributed by atoms with Gasteiger partial charge in [0.2, 0.25) is 0 Å². The average molecular weight is 184 g/mol. The van der Waals surface area contributed by atoms with E-state index in [1.807, 2.05) is 5.97 Å². The highest BCUT2D eigenvalue weighted by molar-refractivity contribution is 7.23. The Morgan fingerprint density at radius 3 is 3.00 bits per heavy atom. The molecule has 0 radical (unpaired) electrons. The van der Waals surface area contributed by atoms with Crippen LogP contribution < -0.4 is 4.91 Å². The average Bonchev–Trinajstić information content (AvgIpc) is 2.32. The van der Waals surface area contributed by atoms with Crippen molar-refractivity contribution in [2.24, 2.45) is 0 Å². The molecule has 3 nitrogen and oxygen atoms in total. The van der Waals surface area contributed by atoms with Crippen LogP contribution in [-0.4, -0.2) is 18.5 Å². The highest BCUT2D eigenvalue weighted by Gasteiger charge is 2.07. The molecule has 0 aliphatic rings. The summed E-state index contributed by atoms with van der Waals surface area (Å²) in [6.45, 7) is 0. The number of carbonyl (C=O) groups is 1. The zero-order valence-electron chi connectivity index (χ0n) is 5.37. The Labute approximate surface area is 72.9 Å². The van der Waals surface area contributed by atoms with Crippen LogP contribution in [0.15, 0.2) is 0 Å². The van der Waals surface area contributed by atoms with Crippen LogP contribution in [0.25, 0.3) is 0 Å². The fraction of sp³-hybridized carbons (Fsp3) is 0. The third-order valence-corrected chi connectivity index (χ3v) is 2.37. The van der Waals surface area contributed by atoms with Crippen LogP contribution in [0.5, 0.6) is 0 Å². The summed E-state index contributed by atoms with van der Waals surface area (Å²) in [5.74, 6) is 1.92. The number of aldehydes is 1. The van der Waals surface area contributed by atoms with Crippen molar-refractivity contribution in [3.8, 4) is 5.97 Å². The van der Waals surface area contributed by atoms with Crippen LogP contribution in [0.2, 0.25) is 5.15 Å². The van der Waals surface area contributed by atoms with Crippen molar-refractivity contribution in [2.75, 3.05) is 0 Å². The van der Waals surface area contributed by atoms with Gasteiger partial charge in [-0.1, -0.05) is 11.6 Å². The lowest BCUT2D eigenvalue weighted by molar-refractivity contribution is 0.112. The van der Waals surface area contributed by atoms with Gasteiger partial charge in [0, 0.05) is 5.97 Å². The predicted octanol–water partition coefficient (Wildman–Crippen LogP) is 0.152. The summed E-state index contributed by atoms with van der Waals surface area (Å²) in [6.07, 6.45) is 0.640. The molecule has 0 bridgehead atoms. The number of hydrogen-bond donors (Lipinski definition) is 0. The number of nitrogens with zero attached hydrogens (tertiary/aromatic N) is 2. The molecule has 0 spiro atoms. The standard InChI is InChI=1S/C5H2BClN2OS/c7-4-3(1-10)11-5(9-4)6-2-8/h1,6H. The lowest BCUT2D eigenvalue weighted by atomic mass is 9.83. The van der Waals surface area contributed by atoms with Crippen LogP contribution >= 0.6 is 22.9 Å². The molecule has 0 atom stereocenters. The molecule has 6 heteroatoms. The van der Waals surface area contributed by atoms with Gasteiger partial charge in [-0.05, 0) is 0 Å². The summed E-state index contributed by atoms with van der Waals surface area (Å²) in [6, 6.07) is 0. The molecule has 1 aromatic rings. The largest absolute Gasteiger partial charge is 0.318 e. The number of carbonyl (C=O) groups excluding carboxylic acids is 1. The predicted molar refractivity (Wildman–Crippen MR) is 44.9 cm³/mol. The number of rotatable bonds is 2. The third kappa shape index (κ3) is 1.79. The van der Waals surface area contributed by atoms with Gasteiger partial charge in [0.15, 0.2) is 6.29 Å². The van der Waals surface area contributed by atoms with Crippen LogP contribution in [0.3, 0.4) is 0 Å². The van der Waals surface area contributed by atoms with Crippen LogP contribution in [0.4, 0.5) is 0 Å². The second-order valence-corrected chi connectivity index (χ2v) is 3.19. The molecule has 1 rings (SSSR count). The van der Waals surface area contributed by atoms with Crippen LogP contribution in [0, 0.1) is 11.2 Å². The monoisotopic (exact) mass is 184 g/mol. The fourth-order valence-corrected chi connectivity index (χ4v) is 1.59. The minimum atomic E-state index is 0.190. The molecule has 0 aromatic carbocycles. The van der Waals surface area contributed by atoms with E-state index in [0.717, 1.165) is 11.3 Å². The molecular weight excluding hydrogens is 182 g/mol. The number of nitriles is 1. The smallest absolute Gasteiger partial charge is 0.297 e. The molecule has 54 valence electrons. The molecular formula is C5H2BClN2OS. The first-order valence-electron chi connectivity index (χ1n) is 2.75. The summed E-state index contributed by atoms with van der Waals surface area (Å²) in [7, 11) is 0.207. The van der Waals surface area contributed by atoms with Crippen molar-refractivity contribution < 1.29 is 4.79 Å². The molecule has 0 unspecified atom stereocenters. The van der Waals surface area contributed by atoms with E-state index in [2.05, 4.69) is 4.98 Å². The minimum Gasteiger partial charge on any atom is -0.297 e. The van der Waals surface area contributed by atoms with E-state index in [-0.39, 0.29) is 12.4 Å². The molecule has 1 heterocycles. The molecule has 0 fully saturated rings. The first kappa shape index (κ1) is 8.24. The Kier molecular flexibility index (Phi) is 2.63. The highest BCUT2D eigenvalue weighted by atomic mass is 35.5. The maximum absolute atomic E-state index is 10.2. The van der Waals surface area contributed by atoms with Gasteiger partial charge in [-0.2, -0.15) is 0 Å². The Morgan fingerprint density at radius 2 is 2.55 bits per heavy atom. The topological polar surface area (TPSA) is 53.8 Å². The molecule has 0 saturated carbocycles. The summed E-state index contributed by atoms with van der Waals surface area (Å²) < 4.78 is 0. The van der Waals surface area contributed by atoms with E-state index >= 15 is 0 Å². The van der Waals surface area contributed by atoms with Gasteiger partial charge in [-0.15, -0.1) is 11.3 Å². The lowest BCUT2D eigenvalue weighted by Gasteiger charge is -1.74. The second-order valence-electron chi connectivity index (χ2n) is 1.72. The summed E-state index contributed by atoms with van der Waals surface area (Å²) in [4.78, 5) is 15.0. The Hall–Kier alpha value is -0.855. The first-order chi connectivity index (χ1) is 5.27. The number of thiazole rings is 1. The lowest BCUT2D eigenvalue weighted by Crippen LogP contribution is -2.09. The van der Waals surface area contributed by atoms with Gasteiger partial charge in [0.05, 0.1) is 4.91 Å². The maximum atomic E-state index is 10.2. The van der Waals surface area contributed by atoms with Crippen molar-refractivity contribution in [3.05, 3.63) is 10.0 Å². The molecule has 0 N–H and O–H groups in total. The Morgan fingerprint density at radius 1 is 1.82 bits per heavy atom. The van der Waals surface area contributed by atoms with E-state index in [4.69, 9.17) is 16.9 Å². The fourth-order valence-electron chi connectivity index (χ4n) is 0.572.